The number of halogens is 1. The number of thiocarbonyl (C=S) groups is 1. The fourth-order valence-corrected chi connectivity index (χ4v) is 2.06. The van der Waals surface area contributed by atoms with Crippen LogP contribution in [0, 0.1) is 5.82 Å². The number of benzene rings is 2. The normalized spacial score (nSPS) is 11.1. The van der Waals surface area contributed by atoms with Crippen LogP contribution in [-0.4, -0.2) is 10.8 Å². The standard InChI is InChI=1S/C17H18FN3S/c1-2-15(12-13-6-4-3-5-7-13)20-21-17(22)19-16-10-8-14(18)9-11-16/h3-11H,2,12H2,1H3,(H2,19,21,22)/b20-15+. The van der Waals surface area contributed by atoms with Crippen molar-refractivity contribution in [2.45, 2.75) is 19.8 Å². The number of hydrazone groups is 1. The van der Waals surface area contributed by atoms with E-state index in [2.05, 4.69) is 34.9 Å². The highest BCUT2D eigenvalue weighted by Crippen LogP contribution is 2.08. The number of hydrogen-bond acceptors (Lipinski definition) is 2. The molecule has 0 aliphatic heterocycles. The molecule has 0 saturated carbocycles. The van der Waals surface area contributed by atoms with Gasteiger partial charge in [0.1, 0.15) is 5.82 Å². The molecule has 2 N–H and O–H groups in total. The molecule has 2 rings (SSSR count). The molecule has 5 heteroatoms. The Bertz CT molecular complexity index is 639. The van der Waals surface area contributed by atoms with Gasteiger partial charge < -0.3 is 5.32 Å². The highest BCUT2D eigenvalue weighted by molar-refractivity contribution is 7.80. The Morgan fingerprint density at radius 3 is 2.41 bits per heavy atom. The van der Waals surface area contributed by atoms with E-state index in [1.165, 1.54) is 17.7 Å². The Hall–Kier alpha value is -2.27. The summed E-state index contributed by atoms with van der Waals surface area (Å²) in [5.41, 5.74) is 5.77. The van der Waals surface area contributed by atoms with E-state index < -0.39 is 0 Å². The lowest BCUT2D eigenvalue weighted by atomic mass is 10.1. The summed E-state index contributed by atoms with van der Waals surface area (Å²) < 4.78 is 12.8. The van der Waals surface area contributed by atoms with Crippen LogP contribution < -0.4 is 10.7 Å². The van der Waals surface area contributed by atoms with Crippen LogP contribution in [0.3, 0.4) is 0 Å². The predicted molar refractivity (Wildman–Crippen MR) is 93.6 cm³/mol. The highest BCUT2D eigenvalue weighted by Gasteiger charge is 2.01. The summed E-state index contributed by atoms with van der Waals surface area (Å²) in [6, 6.07) is 16.2. The van der Waals surface area contributed by atoms with Crippen molar-refractivity contribution in [3.63, 3.8) is 0 Å². The van der Waals surface area contributed by atoms with E-state index in [-0.39, 0.29) is 5.82 Å². The monoisotopic (exact) mass is 315 g/mol. The summed E-state index contributed by atoms with van der Waals surface area (Å²) in [5, 5.41) is 7.68. The quantitative estimate of drug-likeness (QED) is 0.495. The van der Waals surface area contributed by atoms with Gasteiger partial charge in [0.25, 0.3) is 0 Å². The van der Waals surface area contributed by atoms with E-state index in [1.54, 1.807) is 12.1 Å². The Morgan fingerprint density at radius 1 is 1.09 bits per heavy atom. The fraction of sp³-hybridized carbons (Fsp3) is 0.176. The molecule has 3 nitrogen and oxygen atoms in total. The van der Waals surface area contributed by atoms with E-state index in [0.717, 1.165) is 24.2 Å². The third kappa shape index (κ3) is 5.26. The number of rotatable bonds is 5. The zero-order chi connectivity index (χ0) is 15.8. The Labute approximate surface area is 135 Å². The summed E-state index contributed by atoms with van der Waals surface area (Å²) in [5.74, 6) is -0.279. The first-order valence-electron chi connectivity index (χ1n) is 7.09. The van der Waals surface area contributed by atoms with Crippen molar-refractivity contribution < 1.29 is 4.39 Å². The van der Waals surface area contributed by atoms with Crippen LogP contribution in [-0.2, 0) is 6.42 Å². The Morgan fingerprint density at radius 2 is 1.77 bits per heavy atom. The second kappa shape index (κ2) is 8.24. The first-order chi connectivity index (χ1) is 10.7. The molecule has 0 aromatic heterocycles. The van der Waals surface area contributed by atoms with E-state index in [0.29, 0.717) is 5.11 Å². The van der Waals surface area contributed by atoms with Crippen LogP contribution in [0.5, 0.6) is 0 Å². The van der Waals surface area contributed by atoms with Gasteiger partial charge in [-0.15, -0.1) is 0 Å². The minimum atomic E-state index is -0.279. The molecule has 0 bridgehead atoms. The summed E-state index contributed by atoms with van der Waals surface area (Å²) in [4.78, 5) is 0. The third-order valence-electron chi connectivity index (χ3n) is 3.08. The molecule has 0 radical (unpaired) electrons. The van der Waals surface area contributed by atoms with Crippen molar-refractivity contribution in [1.82, 2.24) is 5.43 Å². The van der Waals surface area contributed by atoms with E-state index in [4.69, 9.17) is 12.2 Å². The first-order valence-corrected chi connectivity index (χ1v) is 7.50. The van der Waals surface area contributed by atoms with Crippen LogP contribution in [0.15, 0.2) is 59.7 Å². The zero-order valence-electron chi connectivity index (χ0n) is 12.3. The molecule has 0 aliphatic carbocycles. The van der Waals surface area contributed by atoms with E-state index >= 15 is 0 Å². The molecule has 0 aliphatic rings. The van der Waals surface area contributed by atoms with Gasteiger partial charge in [0.15, 0.2) is 5.11 Å². The second-order valence-corrected chi connectivity index (χ2v) is 5.18. The van der Waals surface area contributed by atoms with Crippen molar-refractivity contribution in [1.29, 1.82) is 0 Å². The summed E-state index contributed by atoms with van der Waals surface area (Å²) in [6.45, 7) is 2.06. The van der Waals surface area contributed by atoms with Crippen LogP contribution in [0.25, 0.3) is 0 Å². The topological polar surface area (TPSA) is 36.4 Å². The largest absolute Gasteiger partial charge is 0.331 e. The molecule has 22 heavy (non-hydrogen) atoms. The van der Waals surface area contributed by atoms with Gasteiger partial charge in [0, 0.05) is 17.8 Å². The number of nitrogens with one attached hydrogen (secondary N) is 2. The van der Waals surface area contributed by atoms with Gasteiger partial charge in [0.05, 0.1) is 0 Å². The summed E-state index contributed by atoms with van der Waals surface area (Å²) in [6.07, 6.45) is 1.62. The first kappa shape index (κ1) is 16.1. The summed E-state index contributed by atoms with van der Waals surface area (Å²) in [7, 11) is 0. The van der Waals surface area contributed by atoms with Crippen LogP contribution in [0.2, 0.25) is 0 Å². The van der Waals surface area contributed by atoms with Gasteiger partial charge in [-0.25, -0.2) is 4.39 Å². The fourth-order valence-electron chi connectivity index (χ4n) is 1.90. The molecule has 0 spiro atoms. The molecule has 0 fully saturated rings. The molecule has 0 atom stereocenters. The second-order valence-electron chi connectivity index (χ2n) is 4.77. The van der Waals surface area contributed by atoms with Crippen molar-refractivity contribution in [3.05, 3.63) is 66.0 Å². The number of nitrogens with zero attached hydrogens (tertiary/aromatic N) is 1. The number of anilines is 1. The number of hydrogen-bond donors (Lipinski definition) is 2. The average molecular weight is 315 g/mol. The third-order valence-corrected chi connectivity index (χ3v) is 3.27. The van der Waals surface area contributed by atoms with Crippen LogP contribution in [0.4, 0.5) is 10.1 Å². The van der Waals surface area contributed by atoms with Crippen molar-refractivity contribution in [2.24, 2.45) is 5.10 Å². The van der Waals surface area contributed by atoms with Gasteiger partial charge >= 0.3 is 0 Å². The molecular formula is C17H18FN3S. The summed E-state index contributed by atoms with van der Waals surface area (Å²) >= 11 is 5.18. The SMILES string of the molecule is CC/C(Cc1ccccc1)=N\NC(=S)Nc1ccc(F)cc1. The lowest BCUT2D eigenvalue weighted by Crippen LogP contribution is -2.25. The molecule has 0 amide bonds. The zero-order valence-corrected chi connectivity index (χ0v) is 13.2. The highest BCUT2D eigenvalue weighted by atomic mass is 32.1. The van der Waals surface area contributed by atoms with Crippen LogP contribution >= 0.6 is 12.2 Å². The minimum absolute atomic E-state index is 0.279. The molecular weight excluding hydrogens is 297 g/mol. The van der Waals surface area contributed by atoms with Gasteiger partial charge in [-0.3, -0.25) is 5.43 Å². The lowest BCUT2D eigenvalue weighted by molar-refractivity contribution is 0.628. The lowest BCUT2D eigenvalue weighted by Gasteiger charge is -2.09. The Balaban J connectivity index is 1.90. The maximum atomic E-state index is 12.8. The van der Waals surface area contributed by atoms with Crippen molar-refractivity contribution in [3.8, 4) is 0 Å². The molecule has 0 heterocycles. The molecule has 0 saturated heterocycles. The molecule has 114 valence electrons. The average Bonchev–Trinajstić information content (AvgIpc) is 2.54. The predicted octanol–water partition coefficient (Wildman–Crippen LogP) is 4.12. The van der Waals surface area contributed by atoms with Crippen molar-refractivity contribution >= 4 is 28.7 Å². The van der Waals surface area contributed by atoms with E-state index in [9.17, 15) is 4.39 Å². The molecule has 2 aromatic carbocycles. The Kier molecular flexibility index (Phi) is 6.03. The van der Waals surface area contributed by atoms with Gasteiger partial charge in [-0.1, -0.05) is 37.3 Å². The van der Waals surface area contributed by atoms with Gasteiger partial charge in [-0.05, 0) is 48.5 Å². The van der Waals surface area contributed by atoms with Crippen molar-refractivity contribution in [2.75, 3.05) is 5.32 Å². The van der Waals surface area contributed by atoms with Crippen LogP contribution in [0.1, 0.15) is 18.9 Å². The van der Waals surface area contributed by atoms with E-state index in [1.807, 2.05) is 18.2 Å². The maximum Gasteiger partial charge on any atom is 0.191 e. The molecule has 2 aromatic rings. The van der Waals surface area contributed by atoms with Gasteiger partial charge in [0.2, 0.25) is 0 Å². The van der Waals surface area contributed by atoms with Gasteiger partial charge in [-0.2, -0.15) is 5.10 Å². The molecule has 0 unspecified atom stereocenters. The minimum Gasteiger partial charge on any atom is -0.331 e. The maximum absolute atomic E-state index is 12.8. The smallest absolute Gasteiger partial charge is 0.191 e.